The van der Waals surface area contributed by atoms with Crippen molar-refractivity contribution in [2.45, 2.75) is 38.1 Å². The van der Waals surface area contributed by atoms with Gasteiger partial charge in [-0.1, -0.05) is 42.5 Å². The second-order valence-electron chi connectivity index (χ2n) is 7.66. The summed E-state index contributed by atoms with van der Waals surface area (Å²) in [5.74, 6) is -0.0256. The minimum atomic E-state index is -0.375. The van der Waals surface area contributed by atoms with Crippen LogP contribution in [0.25, 0.3) is 11.1 Å². The Morgan fingerprint density at radius 3 is 2.58 bits per heavy atom. The van der Waals surface area contributed by atoms with Crippen LogP contribution in [-0.4, -0.2) is 25.0 Å². The van der Waals surface area contributed by atoms with Crippen molar-refractivity contribution in [1.29, 1.82) is 0 Å². The van der Waals surface area contributed by atoms with Crippen LogP contribution in [0.1, 0.15) is 31.2 Å². The number of hydrogen-bond acceptors (Lipinski definition) is 2. The molecule has 2 N–H and O–H groups in total. The monoisotopic (exact) mass is 352 g/mol. The molecule has 0 unspecified atom stereocenters. The molecule has 26 heavy (non-hydrogen) atoms. The summed E-state index contributed by atoms with van der Waals surface area (Å²) >= 11 is 0. The van der Waals surface area contributed by atoms with Gasteiger partial charge in [0.1, 0.15) is 5.82 Å². The van der Waals surface area contributed by atoms with Gasteiger partial charge >= 0.3 is 0 Å². The number of amides is 1. The molecular weight excluding hydrogens is 327 g/mol. The Morgan fingerprint density at radius 1 is 1.15 bits per heavy atom. The van der Waals surface area contributed by atoms with Crippen LogP contribution in [0.3, 0.4) is 0 Å². The maximum Gasteiger partial charge on any atom is 0.228 e. The Hall–Kier alpha value is -2.20. The van der Waals surface area contributed by atoms with Crippen LogP contribution in [0.2, 0.25) is 0 Å². The zero-order valence-electron chi connectivity index (χ0n) is 14.9. The van der Waals surface area contributed by atoms with Gasteiger partial charge in [0.05, 0.1) is 5.41 Å². The molecular formula is C22H25FN2O. The van der Waals surface area contributed by atoms with Crippen molar-refractivity contribution in [1.82, 2.24) is 10.6 Å². The summed E-state index contributed by atoms with van der Waals surface area (Å²) in [6.07, 6.45) is 4.86. The van der Waals surface area contributed by atoms with Gasteiger partial charge < -0.3 is 10.6 Å². The lowest BCUT2D eigenvalue weighted by Crippen LogP contribution is -2.52. The van der Waals surface area contributed by atoms with E-state index in [1.54, 1.807) is 12.1 Å². The van der Waals surface area contributed by atoms with Gasteiger partial charge in [0.2, 0.25) is 5.91 Å². The van der Waals surface area contributed by atoms with E-state index >= 15 is 0 Å². The zero-order valence-corrected chi connectivity index (χ0v) is 14.9. The molecule has 0 spiro atoms. The second kappa shape index (κ2) is 7.20. The van der Waals surface area contributed by atoms with Crippen molar-refractivity contribution in [3.63, 3.8) is 0 Å². The molecule has 1 aliphatic carbocycles. The van der Waals surface area contributed by atoms with Crippen LogP contribution in [-0.2, 0) is 11.2 Å². The smallest absolute Gasteiger partial charge is 0.228 e. The van der Waals surface area contributed by atoms with E-state index in [4.69, 9.17) is 0 Å². The third kappa shape index (κ3) is 3.65. The van der Waals surface area contributed by atoms with Crippen LogP contribution >= 0.6 is 0 Å². The molecule has 1 atom stereocenters. The highest BCUT2D eigenvalue weighted by Gasteiger charge is 2.41. The van der Waals surface area contributed by atoms with Crippen molar-refractivity contribution in [3.8, 4) is 11.1 Å². The third-order valence-corrected chi connectivity index (χ3v) is 5.55. The van der Waals surface area contributed by atoms with Gasteiger partial charge in [0.25, 0.3) is 0 Å². The molecule has 136 valence electrons. The quantitative estimate of drug-likeness (QED) is 0.862. The van der Waals surface area contributed by atoms with Crippen LogP contribution in [0.4, 0.5) is 4.39 Å². The van der Waals surface area contributed by atoms with E-state index in [-0.39, 0.29) is 17.1 Å². The van der Waals surface area contributed by atoms with E-state index in [0.29, 0.717) is 11.6 Å². The van der Waals surface area contributed by atoms with Gasteiger partial charge in [-0.2, -0.15) is 0 Å². The Bertz CT molecular complexity index is 777. The molecule has 2 aromatic rings. The van der Waals surface area contributed by atoms with Crippen molar-refractivity contribution in [2.75, 3.05) is 13.1 Å². The molecule has 2 aromatic carbocycles. The number of benzene rings is 2. The lowest BCUT2D eigenvalue weighted by atomic mass is 9.74. The summed E-state index contributed by atoms with van der Waals surface area (Å²) in [7, 11) is 0. The molecule has 1 amide bonds. The first-order valence-electron chi connectivity index (χ1n) is 9.52. The molecule has 1 aliphatic heterocycles. The van der Waals surface area contributed by atoms with Gasteiger partial charge in [-0.15, -0.1) is 0 Å². The van der Waals surface area contributed by atoms with Gasteiger partial charge in [0, 0.05) is 18.2 Å². The van der Waals surface area contributed by atoms with E-state index in [1.165, 1.54) is 6.07 Å². The summed E-state index contributed by atoms with van der Waals surface area (Å²) in [5.41, 5.74) is 2.23. The number of halogens is 1. The zero-order chi connectivity index (χ0) is 18.0. The van der Waals surface area contributed by atoms with Crippen molar-refractivity contribution < 1.29 is 9.18 Å². The molecule has 0 radical (unpaired) electrons. The maximum absolute atomic E-state index is 14.0. The number of hydrogen-bond donors (Lipinski definition) is 2. The Kier molecular flexibility index (Phi) is 4.77. The summed E-state index contributed by atoms with van der Waals surface area (Å²) in [6, 6.07) is 15.2. The summed E-state index contributed by atoms with van der Waals surface area (Å²) < 4.78 is 14.0. The minimum Gasteiger partial charge on any atom is -0.353 e. The van der Waals surface area contributed by atoms with Crippen LogP contribution in [0.5, 0.6) is 0 Å². The Morgan fingerprint density at radius 2 is 1.92 bits per heavy atom. The molecule has 4 rings (SSSR count). The normalized spacial score (nSPS) is 22.8. The Labute approximate surface area is 154 Å². The maximum atomic E-state index is 14.0. The molecule has 1 saturated heterocycles. The average molecular weight is 352 g/mol. The molecule has 0 aromatic heterocycles. The number of piperidine rings is 1. The lowest BCUT2D eigenvalue weighted by Gasteiger charge is -2.36. The largest absolute Gasteiger partial charge is 0.353 e. The molecule has 1 heterocycles. The van der Waals surface area contributed by atoms with Crippen molar-refractivity contribution in [3.05, 3.63) is 59.9 Å². The summed E-state index contributed by atoms with van der Waals surface area (Å²) in [5, 5.41) is 6.61. The fourth-order valence-electron chi connectivity index (χ4n) is 3.85. The topological polar surface area (TPSA) is 41.1 Å². The Balaban J connectivity index is 1.54. The van der Waals surface area contributed by atoms with E-state index in [2.05, 4.69) is 10.6 Å². The highest BCUT2D eigenvalue weighted by Crippen LogP contribution is 2.33. The fraction of sp³-hybridized carbons (Fsp3) is 0.409. The fourth-order valence-corrected chi connectivity index (χ4v) is 3.85. The molecule has 2 fully saturated rings. The lowest BCUT2D eigenvalue weighted by molar-refractivity contribution is -0.132. The average Bonchev–Trinajstić information content (AvgIpc) is 3.48. The first-order chi connectivity index (χ1) is 12.7. The SMILES string of the molecule is O=C(NC1CC1)[C@]1(Cc2ccc(-c3ccccc3F)cc2)CCCNC1. The van der Waals surface area contributed by atoms with Gasteiger partial charge in [0.15, 0.2) is 0 Å². The molecule has 1 saturated carbocycles. The number of carbonyl (C=O) groups excluding carboxylic acids is 1. The molecule has 3 nitrogen and oxygen atoms in total. The van der Waals surface area contributed by atoms with Gasteiger partial charge in [-0.05, 0) is 55.8 Å². The molecule has 4 heteroatoms. The first kappa shape index (κ1) is 17.2. The van der Waals surface area contributed by atoms with E-state index in [9.17, 15) is 9.18 Å². The van der Waals surface area contributed by atoms with E-state index in [0.717, 1.165) is 56.3 Å². The van der Waals surface area contributed by atoms with Gasteiger partial charge in [-0.25, -0.2) is 4.39 Å². The van der Waals surface area contributed by atoms with Crippen molar-refractivity contribution >= 4 is 5.91 Å². The molecule has 0 bridgehead atoms. The number of carbonyl (C=O) groups is 1. The summed E-state index contributed by atoms with van der Waals surface area (Å²) in [6.45, 7) is 1.70. The molecule has 2 aliphatic rings. The predicted octanol–water partition coefficient (Wildman–Crippen LogP) is 3.68. The highest BCUT2D eigenvalue weighted by atomic mass is 19.1. The number of rotatable bonds is 5. The van der Waals surface area contributed by atoms with Crippen LogP contribution in [0.15, 0.2) is 48.5 Å². The second-order valence-corrected chi connectivity index (χ2v) is 7.66. The van der Waals surface area contributed by atoms with Crippen molar-refractivity contribution in [2.24, 2.45) is 5.41 Å². The first-order valence-corrected chi connectivity index (χ1v) is 9.52. The minimum absolute atomic E-state index is 0.186. The standard InChI is InChI=1S/C22H25FN2O/c23-20-5-2-1-4-19(20)17-8-6-16(7-9-17)14-22(12-3-13-24-15-22)21(26)25-18-10-11-18/h1-2,4-9,18,24H,3,10-15H2,(H,25,26)/t22-/m0/s1. The van der Waals surface area contributed by atoms with Crippen LogP contribution in [0, 0.1) is 11.2 Å². The summed E-state index contributed by atoms with van der Waals surface area (Å²) in [4.78, 5) is 12.9. The van der Waals surface area contributed by atoms with E-state index in [1.807, 2.05) is 30.3 Å². The highest BCUT2D eigenvalue weighted by molar-refractivity contribution is 5.84. The van der Waals surface area contributed by atoms with E-state index < -0.39 is 0 Å². The van der Waals surface area contributed by atoms with Crippen LogP contribution < -0.4 is 10.6 Å². The predicted molar refractivity (Wildman–Crippen MR) is 101 cm³/mol. The number of nitrogens with one attached hydrogen (secondary N) is 2. The third-order valence-electron chi connectivity index (χ3n) is 5.55. The van der Waals surface area contributed by atoms with Gasteiger partial charge in [-0.3, -0.25) is 4.79 Å².